The predicted molar refractivity (Wildman–Crippen MR) is 190 cm³/mol. The number of halogens is 2. The summed E-state index contributed by atoms with van der Waals surface area (Å²) in [6.45, 7) is 18.0. The highest BCUT2D eigenvalue weighted by Crippen LogP contribution is 2.65. The first kappa shape index (κ1) is 42.1. The van der Waals surface area contributed by atoms with Crippen LogP contribution in [0.3, 0.4) is 0 Å². The van der Waals surface area contributed by atoms with Crippen molar-refractivity contribution in [2.45, 2.75) is 118 Å². The van der Waals surface area contributed by atoms with Crippen molar-refractivity contribution in [3.8, 4) is 0 Å². The largest absolute Gasteiger partial charge is 0.458 e. The average molecular weight is 735 g/mol. The molecule has 0 radical (unpaired) electrons. The van der Waals surface area contributed by atoms with Crippen molar-refractivity contribution in [1.29, 1.82) is 0 Å². The van der Waals surface area contributed by atoms with E-state index in [0.717, 1.165) is 5.56 Å². The van der Waals surface area contributed by atoms with Crippen LogP contribution in [0, 0.1) is 28.6 Å². The molecule has 2 aliphatic rings. The maximum absolute atomic E-state index is 14.3. The lowest BCUT2D eigenvalue weighted by molar-refractivity contribution is -0.158. The number of primary amides is 1. The van der Waals surface area contributed by atoms with E-state index >= 15 is 0 Å². The third-order valence-corrected chi connectivity index (χ3v) is 9.76. The van der Waals surface area contributed by atoms with Crippen molar-refractivity contribution in [3.63, 3.8) is 0 Å². The number of piperidine rings is 1. The number of nitrogens with zero attached hydrogens (tertiary/aromatic N) is 1. The van der Waals surface area contributed by atoms with Crippen LogP contribution in [0.1, 0.15) is 91.6 Å². The van der Waals surface area contributed by atoms with Crippen molar-refractivity contribution in [2.75, 3.05) is 13.1 Å². The lowest BCUT2D eigenvalue weighted by Crippen LogP contribution is -2.62. The molecule has 0 spiro atoms. The predicted octanol–water partition coefficient (Wildman–Crippen LogP) is 3.15. The average Bonchev–Trinajstić information content (AvgIpc) is 3.31. The summed E-state index contributed by atoms with van der Waals surface area (Å²) in [6, 6.07) is 0.823. The molecule has 1 saturated heterocycles. The first-order chi connectivity index (χ1) is 23.8. The van der Waals surface area contributed by atoms with E-state index in [1.54, 1.807) is 79.7 Å². The summed E-state index contributed by atoms with van der Waals surface area (Å²) in [5.74, 6) is -4.02. The summed E-state index contributed by atoms with van der Waals surface area (Å²) >= 11 is 0. The van der Waals surface area contributed by atoms with Crippen LogP contribution < -0.4 is 27.0 Å². The fourth-order valence-electron chi connectivity index (χ4n) is 6.76. The van der Waals surface area contributed by atoms with Gasteiger partial charge >= 0.3 is 12.0 Å². The van der Waals surface area contributed by atoms with E-state index in [9.17, 15) is 37.5 Å². The first-order valence-corrected chi connectivity index (χ1v) is 17.7. The Labute approximate surface area is 304 Å². The Morgan fingerprint density at radius 3 is 2.06 bits per heavy atom. The van der Waals surface area contributed by atoms with Gasteiger partial charge < -0.3 is 36.6 Å². The molecule has 13 nitrogen and oxygen atoms in total. The summed E-state index contributed by atoms with van der Waals surface area (Å²) < 4.78 is 32.9. The highest BCUT2D eigenvalue weighted by Gasteiger charge is 2.70. The Balaban J connectivity index is 1.77. The van der Waals surface area contributed by atoms with Gasteiger partial charge in [-0.05, 0) is 73.5 Å². The lowest BCUT2D eigenvalue weighted by Gasteiger charge is -2.38. The van der Waals surface area contributed by atoms with E-state index in [0.29, 0.717) is 12.0 Å². The number of likely N-dealkylation sites (tertiary alicyclic amines) is 1. The Morgan fingerprint density at radius 1 is 0.962 bits per heavy atom. The number of hydrogen-bond donors (Lipinski definition) is 5. The Kier molecular flexibility index (Phi) is 13.1. The van der Waals surface area contributed by atoms with Gasteiger partial charge in [-0.25, -0.2) is 18.4 Å². The van der Waals surface area contributed by atoms with Crippen LogP contribution in [0.5, 0.6) is 0 Å². The second-order valence-corrected chi connectivity index (χ2v) is 16.9. The second kappa shape index (κ2) is 16.2. The highest BCUT2D eigenvalue weighted by molar-refractivity contribution is 5.96. The van der Waals surface area contributed by atoms with Crippen LogP contribution in [-0.4, -0.2) is 89.8 Å². The first-order valence-electron chi connectivity index (χ1n) is 17.7. The van der Waals surface area contributed by atoms with Crippen LogP contribution in [-0.2, 0) is 30.3 Å². The molecule has 15 heteroatoms. The minimum atomic E-state index is -2.91. The number of carbonyl (C=O) groups is 6. The summed E-state index contributed by atoms with van der Waals surface area (Å²) in [4.78, 5) is 80.2. The maximum Gasteiger partial charge on any atom is 0.329 e. The smallest absolute Gasteiger partial charge is 0.329 e. The number of fused-ring (bicyclic) bond motifs is 1. The van der Waals surface area contributed by atoms with Gasteiger partial charge in [0.05, 0.1) is 0 Å². The van der Waals surface area contributed by atoms with E-state index in [2.05, 4.69) is 21.3 Å². The molecule has 1 aliphatic heterocycles. The van der Waals surface area contributed by atoms with Gasteiger partial charge in [0.15, 0.2) is 0 Å². The molecule has 3 rings (SSSR count). The van der Waals surface area contributed by atoms with Gasteiger partial charge in [0.25, 0.3) is 0 Å². The number of ether oxygens (including phenoxy) is 1. The molecule has 6 amide bonds. The lowest BCUT2D eigenvalue weighted by atomic mass is 9.85. The number of carbonyl (C=O) groups excluding carboxylic acids is 6. The molecule has 1 aromatic rings. The van der Waals surface area contributed by atoms with Crippen molar-refractivity contribution in [2.24, 2.45) is 34.3 Å². The summed E-state index contributed by atoms with van der Waals surface area (Å²) in [6.07, 6.45) is -3.52. The SMILES string of the molecule is CC(C)[C@H](NC(=O)N[C@H](C(=O)N1CC2C([C@H]1C(=O)N[C@@H](CC(F)F)C(=O)NCCc1ccc(C(N)=O)cc1)C2(C)C)C(C)(C)C)C(=O)OC(C)(C)C. The van der Waals surface area contributed by atoms with E-state index in [1.165, 1.54) is 4.90 Å². The summed E-state index contributed by atoms with van der Waals surface area (Å²) in [5, 5.41) is 10.4. The molecule has 6 N–H and O–H groups in total. The van der Waals surface area contributed by atoms with Gasteiger partial charge in [0, 0.05) is 25.1 Å². The number of esters is 1. The van der Waals surface area contributed by atoms with Gasteiger partial charge in [-0.1, -0.05) is 60.6 Å². The fourth-order valence-corrected chi connectivity index (χ4v) is 6.76. The molecule has 1 heterocycles. The quantitative estimate of drug-likeness (QED) is 0.182. The van der Waals surface area contributed by atoms with Gasteiger partial charge in [-0.15, -0.1) is 0 Å². The number of amides is 6. The number of nitrogens with one attached hydrogen (secondary N) is 4. The molecular formula is C37H56F2N6O7. The van der Waals surface area contributed by atoms with Crippen LogP contribution >= 0.6 is 0 Å². The number of benzene rings is 1. The normalized spacial score (nSPS) is 21.0. The summed E-state index contributed by atoms with van der Waals surface area (Å²) in [5.41, 5.74) is 4.38. The Morgan fingerprint density at radius 2 is 1.56 bits per heavy atom. The minimum Gasteiger partial charge on any atom is -0.458 e. The highest BCUT2D eigenvalue weighted by atomic mass is 19.3. The van der Waals surface area contributed by atoms with Gasteiger partial charge in [0.2, 0.25) is 30.1 Å². The number of alkyl halides is 2. The number of urea groups is 1. The zero-order chi connectivity index (χ0) is 39.5. The third kappa shape index (κ3) is 10.6. The zero-order valence-corrected chi connectivity index (χ0v) is 31.9. The molecule has 1 saturated carbocycles. The second-order valence-electron chi connectivity index (χ2n) is 16.9. The van der Waals surface area contributed by atoms with Crippen molar-refractivity contribution in [3.05, 3.63) is 35.4 Å². The fraction of sp³-hybridized carbons (Fsp3) is 0.676. The maximum atomic E-state index is 14.3. The van der Waals surface area contributed by atoms with Gasteiger partial charge in [-0.2, -0.15) is 0 Å². The molecule has 6 atom stereocenters. The third-order valence-electron chi connectivity index (χ3n) is 9.76. The minimum absolute atomic E-state index is 0.0672. The Hall–Kier alpha value is -4.30. The Bertz CT molecular complexity index is 1500. The van der Waals surface area contributed by atoms with Crippen molar-refractivity contribution >= 4 is 35.6 Å². The molecule has 1 aliphatic carbocycles. The standard InChI is InChI=1S/C37H56F2N6O7/c1-19(2)26(33(50)52-36(6,7)8)43-34(51)44-28(35(3,4)5)32(49)45-18-22-25(37(22,9)10)27(45)31(48)42-23(17-24(38)39)30(47)41-16-15-20-11-13-21(14-12-20)29(40)46/h11-14,19,22-28H,15-18H2,1-10H3,(H2,40,46)(H,41,47)(H,42,48)(H2,43,44,51)/t22?,23-,25?,26-,27-,28+/m0/s1. The summed E-state index contributed by atoms with van der Waals surface area (Å²) in [7, 11) is 0. The van der Waals surface area contributed by atoms with Crippen LogP contribution in [0.4, 0.5) is 13.6 Å². The van der Waals surface area contributed by atoms with Crippen molar-refractivity contribution in [1.82, 2.24) is 26.2 Å². The van der Waals surface area contributed by atoms with Gasteiger partial charge in [-0.3, -0.25) is 19.2 Å². The molecular weight excluding hydrogens is 678 g/mol. The molecule has 1 aromatic carbocycles. The number of rotatable bonds is 14. The van der Waals surface area contributed by atoms with Crippen LogP contribution in [0.15, 0.2) is 24.3 Å². The van der Waals surface area contributed by atoms with E-state index in [4.69, 9.17) is 10.5 Å². The monoisotopic (exact) mass is 734 g/mol. The number of nitrogens with two attached hydrogens (primary N) is 1. The topological polar surface area (TPSA) is 189 Å². The van der Waals surface area contributed by atoms with Crippen molar-refractivity contribution < 1.29 is 42.3 Å². The molecule has 2 unspecified atom stereocenters. The molecule has 290 valence electrons. The van der Waals surface area contributed by atoms with E-state index < -0.39 is 83.7 Å². The van der Waals surface area contributed by atoms with E-state index in [-0.39, 0.29) is 36.3 Å². The molecule has 52 heavy (non-hydrogen) atoms. The zero-order valence-electron chi connectivity index (χ0n) is 31.9. The van der Waals surface area contributed by atoms with Gasteiger partial charge in [0.1, 0.15) is 29.8 Å². The van der Waals surface area contributed by atoms with E-state index in [1.807, 2.05) is 13.8 Å². The van der Waals surface area contributed by atoms with Crippen LogP contribution in [0.2, 0.25) is 0 Å². The van der Waals surface area contributed by atoms with Crippen LogP contribution in [0.25, 0.3) is 0 Å². The number of hydrogen-bond acceptors (Lipinski definition) is 7. The molecule has 2 fully saturated rings. The molecule has 0 bridgehead atoms. The molecule has 0 aromatic heterocycles.